The predicted octanol–water partition coefficient (Wildman–Crippen LogP) is 2.60. The summed E-state index contributed by atoms with van der Waals surface area (Å²) < 4.78 is 14.4. The first-order valence-corrected chi connectivity index (χ1v) is 11.6. The van der Waals surface area contributed by atoms with Crippen LogP contribution < -0.4 is 11.1 Å². The number of amides is 2. The number of carbonyl (C=O) groups excluding carboxylic acids is 2. The van der Waals surface area contributed by atoms with Crippen LogP contribution in [0.4, 0.5) is 10.2 Å². The minimum absolute atomic E-state index is 0.0676. The summed E-state index contributed by atoms with van der Waals surface area (Å²) in [6.07, 6.45) is 1.58. The molecule has 1 aromatic carbocycles. The first kappa shape index (κ1) is 24.3. The fourth-order valence-corrected chi connectivity index (χ4v) is 4.66. The van der Waals surface area contributed by atoms with E-state index in [4.69, 9.17) is 5.73 Å². The number of nitrogen functional groups attached to an aromatic ring is 1. The van der Waals surface area contributed by atoms with E-state index >= 15 is 0 Å². The fraction of sp³-hybridized carbons (Fsp3) is 0.400. The molecule has 3 heterocycles. The van der Waals surface area contributed by atoms with E-state index in [9.17, 15) is 14.0 Å². The van der Waals surface area contributed by atoms with Crippen LogP contribution in [-0.2, 0) is 16.0 Å². The van der Waals surface area contributed by atoms with Gasteiger partial charge in [-0.2, -0.15) is 15.4 Å². The third-order valence-electron chi connectivity index (χ3n) is 6.39. The van der Waals surface area contributed by atoms with Gasteiger partial charge in [-0.3, -0.25) is 9.59 Å². The summed E-state index contributed by atoms with van der Waals surface area (Å²) in [5, 5.41) is 13.0. The van der Waals surface area contributed by atoms with Crippen LogP contribution >= 0.6 is 0 Å². The van der Waals surface area contributed by atoms with Gasteiger partial charge in [0.05, 0.1) is 30.9 Å². The molecule has 1 aliphatic heterocycles. The lowest BCUT2D eigenvalue weighted by molar-refractivity contribution is -0.138. The number of hydrogen-bond acceptors (Lipinski definition) is 6. The number of pyridine rings is 1. The predicted molar refractivity (Wildman–Crippen MR) is 129 cm³/mol. The Hall–Kier alpha value is -3.82. The van der Waals surface area contributed by atoms with E-state index in [0.717, 1.165) is 11.1 Å². The summed E-state index contributed by atoms with van der Waals surface area (Å²) in [6.45, 7) is 6.13. The third kappa shape index (κ3) is 5.31. The van der Waals surface area contributed by atoms with Crippen molar-refractivity contribution in [2.24, 2.45) is 0 Å². The Balaban J connectivity index is 1.62. The molecule has 10 heteroatoms. The molecule has 2 amide bonds. The van der Waals surface area contributed by atoms with E-state index in [2.05, 4.69) is 39.6 Å². The number of H-pyrrole nitrogens is 1. The van der Waals surface area contributed by atoms with Gasteiger partial charge in [-0.1, -0.05) is 38.1 Å². The Labute approximate surface area is 203 Å². The highest BCUT2D eigenvalue weighted by atomic mass is 19.1. The Morgan fingerprint density at radius 3 is 2.74 bits per heavy atom. The summed E-state index contributed by atoms with van der Waals surface area (Å²) in [5.41, 5.74) is 10.4. The van der Waals surface area contributed by atoms with Gasteiger partial charge >= 0.3 is 0 Å². The second kappa shape index (κ2) is 10.2. The van der Waals surface area contributed by atoms with Gasteiger partial charge in [0.1, 0.15) is 18.0 Å². The molecule has 184 valence electrons. The van der Waals surface area contributed by atoms with Crippen LogP contribution in [0.15, 0.2) is 42.7 Å². The molecule has 0 saturated carbocycles. The molecule has 3 aromatic rings. The van der Waals surface area contributed by atoms with Crippen molar-refractivity contribution in [2.75, 3.05) is 12.3 Å². The molecule has 3 atom stereocenters. The second-order valence-electron chi connectivity index (χ2n) is 9.22. The Kier molecular flexibility index (Phi) is 7.09. The number of anilines is 1. The summed E-state index contributed by atoms with van der Waals surface area (Å²) >= 11 is 0. The zero-order chi connectivity index (χ0) is 25.1. The van der Waals surface area contributed by atoms with Crippen LogP contribution in [0.1, 0.15) is 60.2 Å². The van der Waals surface area contributed by atoms with E-state index < -0.39 is 24.2 Å². The molecule has 0 spiro atoms. The van der Waals surface area contributed by atoms with Crippen molar-refractivity contribution >= 4 is 17.6 Å². The van der Waals surface area contributed by atoms with E-state index in [1.807, 2.05) is 25.1 Å². The number of alkyl halides is 1. The van der Waals surface area contributed by atoms with Crippen LogP contribution in [0.25, 0.3) is 0 Å². The van der Waals surface area contributed by atoms with Crippen LogP contribution in [0.3, 0.4) is 0 Å². The summed E-state index contributed by atoms with van der Waals surface area (Å²) in [4.78, 5) is 31.8. The standard InChI is InChI=1S/C25H30FN7O2/c1-14(2)19-7-6-16(9-15(19)3)23(20-5-4-8-28-24(20)27)30-25(35)21-10-17(26)13-33(21)22(34)11-18-12-29-32-31-18/h4-9,12,14,17,21,23H,10-11,13H2,1-3H3,(H2,27,28)(H,30,35)(H,29,31,32)/t17-,21+,23-/m1/s1. The lowest BCUT2D eigenvalue weighted by atomic mass is 9.91. The molecular weight excluding hydrogens is 449 g/mol. The zero-order valence-corrected chi connectivity index (χ0v) is 20.0. The van der Waals surface area contributed by atoms with E-state index in [-0.39, 0.29) is 31.1 Å². The molecule has 0 bridgehead atoms. The highest BCUT2D eigenvalue weighted by molar-refractivity contribution is 5.89. The van der Waals surface area contributed by atoms with Crippen molar-refractivity contribution in [3.05, 3.63) is 70.7 Å². The number of aromatic nitrogens is 4. The van der Waals surface area contributed by atoms with Gasteiger partial charge in [0.15, 0.2) is 0 Å². The average molecular weight is 480 g/mol. The van der Waals surface area contributed by atoms with E-state index in [0.29, 0.717) is 17.2 Å². The molecule has 4 N–H and O–H groups in total. The summed E-state index contributed by atoms with van der Waals surface area (Å²) in [7, 11) is 0. The molecule has 2 aromatic heterocycles. The molecular formula is C25H30FN7O2. The third-order valence-corrected chi connectivity index (χ3v) is 6.39. The lowest BCUT2D eigenvalue weighted by Gasteiger charge is -2.27. The molecule has 1 aliphatic rings. The Bertz CT molecular complexity index is 1200. The van der Waals surface area contributed by atoms with Crippen molar-refractivity contribution < 1.29 is 14.0 Å². The van der Waals surface area contributed by atoms with Crippen LogP contribution in [-0.4, -0.2) is 55.9 Å². The lowest BCUT2D eigenvalue weighted by Crippen LogP contribution is -2.47. The number of aryl methyl sites for hydroxylation is 1. The number of rotatable bonds is 7. The molecule has 0 radical (unpaired) electrons. The van der Waals surface area contributed by atoms with Gasteiger partial charge < -0.3 is 16.0 Å². The maximum atomic E-state index is 14.4. The SMILES string of the molecule is Cc1cc([C@@H](NC(=O)[C@@H]2C[C@@H](F)CN2C(=O)Cc2cn[nH]n2)c2cccnc2N)ccc1C(C)C. The van der Waals surface area contributed by atoms with Gasteiger partial charge in [-0.25, -0.2) is 9.37 Å². The number of benzene rings is 1. The molecule has 1 saturated heterocycles. The van der Waals surface area contributed by atoms with Gasteiger partial charge in [-0.05, 0) is 35.6 Å². The topological polar surface area (TPSA) is 130 Å². The number of carbonyl (C=O) groups is 2. The summed E-state index contributed by atoms with van der Waals surface area (Å²) in [6, 6.07) is 8.03. The van der Waals surface area contributed by atoms with Gasteiger partial charge in [0.2, 0.25) is 11.8 Å². The van der Waals surface area contributed by atoms with Crippen LogP contribution in [0, 0.1) is 6.92 Å². The number of nitrogens with two attached hydrogens (primary N) is 1. The number of halogens is 1. The van der Waals surface area contributed by atoms with Gasteiger partial charge in [-0.15, -0.1) is 0 Å². The van der Waals surface area contributed by atoms with Crippen molar-refractivity contribution in [1.82, 2.24) is 30.6 Å². The average Bonchev–Trinajstić information content (AvgIpc) is 3.47. The fourth-order valence-electron chi connectivity index (χ4n) is 4.66. The maximum Gasteiger partial charge on any atom is 0.243 e. The zero-order valence-electron chi connectivity index (χ0n) is 20.0. The number of hydrogen-bond donors (Lipinski definition) is 3. The number of nitrogens with one attached hydrogen (secondary N) is 2. The number of aromatic amines is 1. The molecule has 0 unspecified atom stereocenters. The maximum absolute atomic E-state index is 14.4. The molecule has 0 aliphatic carbocycles. The second-order valence-corrected chi connectivity index (χ2v) is 9.22. The normalized spacial score (nSPS) is 18.6. The number of likely N-dealkylation sites (tertiary alicyclic amines) is 1. The summed E-state index contributed by atoms with van der Waals surface area (Å²) in [5.74, 6) is -0.187. The highest BCUT2D eigenvalue weighted by Gasteiger charge is 2.40. The minimum atomic E-state index is -1.29. The van der Waals surface area contributed by atoms with Gasteiger partial charge in [0, 0.05) is 18.2 Å². The smallest absolute Gasteiger partial charge is 0.243 e. The van der Waals surface area contributed by atoms with Crippen molar-refractivity contribution in [3.8, 4) is 0 Å². The number of nitrogens with zero attached hydrogens (tertiary/aromatic N) is 4. The molecule has 9 nitrogen and oxygen atoms in total. The van der Waals surface area contributed by atoms with Crippen molar-refractivity contribution in [2.45, 2.75) is 57.8 Å². The van der Waals surface area contributed by atoms with Crippen LogP contribution in [0.2, 0.25) is 0 Å². The monoisotopic (exact) mass is 479 g/mol. The molecule has 35 heavy (non-hydrogen) atoms. The van der Waals surface area contributed by atoms with Crippen molar-refractivity contribution in [3.63, 3.8) is 0 Å². The van der Waals surface area contributed by atoms with Crippen molar-refractivity contribution in [1.29, 1.82) is 0 Å². The first-order valence-electron chi connectivity index (χ1n) is 11.6. The largest absolute Gasteiger partial charge is 0.383 e. The first-order chi connectivity index (χ1) is 16.7. The Morgan fingerprint density at radius 1 is 1.29 bits per heavy atom. The van der Waals surface area contributed by atoms with Crippen LogP contribution in [0.5, 0.6) is 0 Å². The van der Waals surface area contributed by atoms with E-state index in [1.165, 1.54) is 16.7 Å². The quantitative estimate of drug-likeness (QED) is 0.478. The molecule has 4 rings (SSSR count). The minimum Gasteiger partial charge on any atom is -0.383 e. The van der Waals surface area contributed by atoms with Gasteiger partial charge in [0.25, 0.3) is 0 Å². The Morgan fingerprint density at radius 2 is 2.09 bits per heavy atom. The van der Waals surface area contributed by atoms with E-state index in [1.54, 1.807) is 18.3 Å². The molecule has 1 fully saturated rings. The highest BCUT2D eigenvalue weighted by Crippen LogP contribution is 2.30.